The van der Waals surface area contributed by atoms with E-state index in [0.29, 0.717) is 5.75 Å². The van der Waals surface area contributed by atoms with Gasteiger partial charge in [0, 0.05) is 17.0 Å². The van der Waals surface area contributed by atoms with Gasteiger partial charge in [-0.1, -0.05) is 12.2 Å². The molecule has 0 fully saturated rings. The maximum absolute atomic E-state index is 13.1. The molecule has 0 spiro atoms. The van der Waals surface area contributed by atoms with Gasteiger partial charge in [-0.25, -0.2) is 8.78 Å². The molecule has 70 valence electrons. The van der Waals surface area contributed by atoms with E-state index in [4.69, 9.17) is 5.73 Å². The predicted molar refractivity (Wildman–Crippen MR) is 53.7 cm³/mol. The summed E-state index contributed by atoms with van der Waals surface area (Å²) in [5.41, 5.74) is 5.75. The van der Waals surface area contributed by atoms with E-state index in [1.54, 1.807) is 6.08 Å². The van der Waals surface area contributed by atoms with Crippen LogP contribution in [0, 0.1) is 11.6 Å². The van der Waals surface area contributed by atoms with Crippen LogP contribution in [0.2, 0.25) is 0 Å². The van der Waals surface area contributed by atoms with Gasteiger partial charge in [0.15, 0.2) is 11.6 Å². The summed E-state index contributed by atoms with van der Waals surface area (Å²) in [5.74, 6) is -1.36. The molecule has 1 aromatic rings. The van der Waals surface area contributed by atoms with Crippen LogP contribution in [-0.4, -0.2) is 5.75 Å². The maximum atomic E-state index is 13.1. The molecule has 1 rings (SSSR count). The molecule has 1 aromatic carbocycles. The van der Waals surface area contributed by atoms with Crippen LogP contribution >= 0.6 is 12.6 Å². The molecular weight excluding hydrogens is 192 g/mol. The molecule has 0 atom stereocenters. The van der Waals surface area contributed by atoms with E-state index in [9.17, 15) is 8.78 Å². The molecule has 0 unspecified atom stereocenters. The highest BCUT2D eigenvalue weighted by atomic mass is 32.1. The molecule has 1 nitrogen and oxygen atoms in total. The Bertz CT molecular complexity index is 337. The average Bonchev–Trinajstić information content (AvgIpc) is 2.12. The number of anilines is 1. The molecule has 0 aliphatic carbocycles. The second-order valence-corrected chi connectivity index (χ2v) is 2.81. The molecule has 0 saturated heterocycles. The largest absolute Gasteiger partial charge is 0.398 e. The first-order chi connectivity index (χ1) is 6.16. The van der Waals surface area contributed by atoms with Gasteiger partial charge in [-0.05, 0) is 12.1 Å². The summed E-state index contributed by atoms with van der Waals surface area (Å²) in [6.07, 6.45) is 3.01. The van der Waals surface area contributed by atoms with Crippen LogP contribution in [0.1, 0.15) is 5.56 Å². The third-order valence-corrected chi connectivity index (χ3v) is 1.77. The molecule has 4 heteroatoms. The zero-order valence-electron chi connectivity index (χ0n) is 6.80. The van der Waals surface area contributed by atoms with Crippen LogP contribution in [0.25, 0.3) is 6.08 Å². The first kappa shape index (κ1) is 10.1. The summed E-state index contributed by atoms with van der Waals surface area (Å²) in [6.45, 7) is 0. The number of rotatable bonds is 2. The van der Waals surface area contributed by atoms with Crippen molar-refractivity contribution in [3.8, 4) is 0 Å². The zero-order chi connectivity index (χ0) is 9.84. The second-order valence-electron chi connectivity index (χ2n) is 2.45. The van der Waals surface area contributed by atoms with Crippen LogP contribution in [0.4, 0.5) is 14.5 Å². The molecule has 0 saturated carbocycles. The van der Waals surface area contributed by atoms with E-state index < -0.39 is 11.6 Å². The predicted octanol–water partition coefficient (Wildman–Crippen LogP) is 2.49. The van der Waals surface area contributed by atoms with Crippen LogP contribution in [0.5, 0.6) is 0 Å². The Kier molecular flexibility index (Phi) is 3.31. The topological polar surface area (TPSA) is 26.0 Å². The lowest BCUT2D eigenvalue weighted by Gasteiger charge is -2.02. The van der Waals surface area contributed by atoms with Crippen molar-refractivity contribution in [2.75, 3.05) is 11.5 Å². The SMILES string of the molecule is Nc1ccc(F)c(F)c1C=CCS. The molecule has 0 aliphatic heterocycles. The van der Waals surface area contributed by atoms with E-state index in [0.717, 1.165) is 6.07 Å². The van der Waals surface area contributed by atoms with Crippen LogP contribution < -0.4 is 5.73 Å². The number of halogens is 2. The van der Waals surface area contributed by atoms with E-state index in [1.165, 1.54) is 12.1 Å². The Labute approximate surface area is 80.7 Å². The third-order valence-electron chi connectivity index (χ3n) is 1.56. The van der Waals surface area contributed by atoms with Gasteiger partial charge in [-0.15, -0.1) is 0 Å². The van der Waals surface area contributed by atoms with Gasteiger partial charge >= 0.3 is 0 Å². The summed E-state index contributed by atoms with van der Waals surface area (Å²) < 4.78 is 25.8. The Morgan fingerprint density at radius 3 is 2.69 bits per heavy atom. The third kappa shape index (κ3) is 2.21. The van der Waals surface area contributed by atoms with Crippen molar-refractivity contribution < 1.29 is 8.78 Å². The Morgan fingerprint density at radius 1 is 1.38 bits per heavy atom. The van der Waals surface area contributed by atoms with Crippen LogP contribution in [-0.2, 0) is 0 Å². The highest BCUT2D eigenvalue weighted by molar-refractivity contribution is 7.80. The first-order valence-corrected chi connectivity index (χ1v) is 4.31. The van der Waals surface area contributed by atoms with Crippen molar-refractivity contribution in [2.24, 2.45) is 0 Å². The number of thiol groups is 1. The van der Waals surface area contributed by atoms with Crippen molar-refractivity contribution in [3.63, 3.8) is 0 Å². The van der Waals surface area contributed by atoms with Crippen molar-refractivity contribution in [2.45, 2.75) is 0 Å². The Morgan fingerprint density at radius 2 is 2.08 bits per heavy atom. The van der Waals surface area contributed by atoms with E-state index in [2.05, 4.69) is 12.6 Å². The highest BCUT2D eigenvalue weighted by Gasteiger charge is 2.08. The smallest absolute Gasteiger partial charge is 0.168 e. The normalized spacial score (nSPS) is 11.0. The maximum Gasteiger partial charge on any atom is 0.168 e. The molecule has 0 radical (unpaired) electrons. The van der Waals surface area contributed by atoms with Crippen molar-refractivity contribution in [3.05, 3.63) is 35.4 Å². The molecule has 0 aliphatic rings. The number of hydrogen-bond donors (Lipinski definition) is 2. The lowest BCUT2D eigenvalue weighted by molar-refractivity contribution is 0.507. The molecule has 0 aromatic heterocycles. The summed E-state index contributed by atoms with van der Waals surface area (Å²) >= 11 is 3.90. The second kappa shape index (κ2) is 4.28. The monoisotopic (exact) mass is 201 g/mol. The summed E-state index contributed by atoms with van der Waals surface area (Å²) in [4.78, 5) is 0. The van der Waals surface area contributed by atoms with Crippen molar-refractivity contribution in [1.82, 2.24) is 0 Å². The Hall–Kier alpha value is -1.03. The fourth-order valence-corrected chi connectivity index (χ4v) is 1.03. The molecule has 2 N–H and O–H groups in total. The zero-order valence-corrected chi connectivity index (χ0v) is 7.69. The minimum Gasteiger partial charge on any atom is -0.398 e. The van der Waals surface area contributed by atoms with Crippen molar-refractivity contribution in [1.29, 1.82) is 0 Å². The lowest BCUT2D eigenvalue weighted by Crippen LogP contribution is -1.95. The van der Waals surface area contributed by atoms with Gasteiger partial charge in [0.05, 0.1) is 0 Å². The molecule has 0 heterocycles. The number of nitrogen functional groups attached to an aromatic ring is 1. The first-order valence-electron chi connectivity index (χ1n) is 3.67. The van der Waals surface area contributed by atoms with Gasteiger partial charge in [0.25, 0.3) is 0 Å². The standard InChI is InChI=1S/C9H9F2NS/c10-7-3-4-8(12)6(9(7)11)2-1-5-13/h1-4,13H,5,12H2. The van der Waals surface area contributed by atoms with Crippen molar-refractivity contribution >= 4 is 24.4 Å². The quantitative estimate of drug-likeness (QED) is 0.558. The Balaban J connectivity index is 3.17. The summed E-state index contributed by atoms with van der Waals surface area (Å²) in [7, 11) is 0. The minimum atomic E-state index is -0.918. The van der Waals surface area contributed by atoms with Gasteiger partial charge < -0.3 is 5.73 Å². The minimum absolute atomic E-state index is 0.0778. The van der Waals surface area contributed by atoms with E-state index in [-0.39, 0.29) is 11.3 Å². The van der Waals surface area contributed by atoms with E-state index in [1.807, 2.05) is 0 Å². The highest BCUT2D eigenvalue weighted by Crippen LogP contribution is 2.20. The average molecular weight is 201 g/mol. The molecular formula is C9H9F2NS. The fraction of sp³-hybridized carbons (Fsp3) is 0.111. The van der Waals surface area contributed by atoms with Crippen LogP contribution in [0.15, 0.2) is 18.2 Å². The number of benzene rings is 1. The fourth-order valence-electron chi connectivity index (χ4n) is 0.921. The van der Waals surface area contributed by atoms with Gasteiger partial charge in [-0.3, -0.25) is 0 Å². The molecule has 13 heavy (non-hydrogen) atoms. The van der Waals surface area contributed by atoms with Gasteiger partial charge in [-0.2, -0.15) is 12.6 Å². The lowest BCUT2D eigenvalue weighted by atomic mass is 10.1. The van der Waals surface area contributed by atoms with Gasteiger partial charge in [0.2, 0.25) is 0 Å². The summed E-state index contributed by atoms with van der Waals surface area (Å²) in [5, 5.41) is 0. The molecule has 0 amide bonds. The summed E-state index contributed by atoms with van der Waals surface area (Å²) in [6, 6.07) is 2.33. The van der Waals surface area contributed by atoms with E-state index >= 15 is 0 Å². The number of nitrogens with two attached hydrogens (primary N) is 1. The van der Waals surface area contributed by atoms with Crippen LogP contribution in [0.3, 0.4) is 0 Å². The molecule has 0 bridgehead atoms. The number of hydrogen-bond acceptors (Lipinski definition) is 2. The van der Waals surface area contributed by atoms with Gasteiger partial charge in [0.1, 0.15) is 0 Å².